The minimum atomic E-state index is -1.59. The quantitative estimate of drug-likeness (QED) is 0.0246. The van der Waals surface area contributed by atoms with Gasteiger partial charge in [-0.3, -0.25) is 0 Å². The van der Waals surface area contributed by atoms with Gasteiger partial charge >= 0.3 is 0 Å². The van der Waals surface area contributed by atoms with Crippen molar-refractivity contribution < 1.29 is 44.7 Å². The van der Waals surface area contributed by atoms with Crippen LogP contribution >= 0.6 is 0 Å². The Hall–Kier alpha value is -0.310. The van der Waals surface area contributed by atoms with E-state index in [0.717, 1.165) is 56.3 Å². The number of allylic oxidation sites excluding steroid dienone is 2. The summed E-state index contributed by atoms with van der Waals surface area (Å²) >= 11 is -1.49. The van der Waals surface area contributed by atoms with Crippen LogP contribution in [-0.4, -0.2) is 103 Å². The van der Waals surface area contributed by atoms with Gasteiger partial charge in [-0.25, -0.2) is 0 Å². The van der Waals surface area contributed by atoms with Crippen LogP contribution < -0.4 is 4.72 Å². The third-order valence-electron chi connectivity index (χ3n) is 11.8. The van der Waals surface area contributed by atoms with Gasteiger partial charge in [0.1, 0.15) is 42.3 Å². The first-order valence-corrected chi connectivity index (χ1v) is 22.7. The van der Waals surface area contributed by atoms with E-state index in [0.29, 0.717) is 12.2 Å². The molecule has 10 nitrogen and oxygen atoms in total. The average molecular weight is 760 g/mol. The van der Waals surface area contributed by atoms with E-state index in [2.05, 4.69) is 23.8 Å². The van der Waals surface area contributed by atoms with Gasteiger partial charge in [0.05, 0.1) is 19.3 Å². The molecule has 52 heavy (non-hydrogen) atoms. The number of fused-ring (bicyclic) bond motifs is 2. The topological polar surface area (TPSA) is 175 Å². The zero-order valence-electron chi connectivity index (χ0n) is 32.4. The maximum Gasteiger partial charge on any atom is 0.186 e. The molecule has 0 spiro atoms. The van der Waals surface area contributed by atoms with E-state index in [-0.39, 0.29) is 6.61 Å². The molecule has 1 saturated heterocycles. The summed E-state index contributed by atoms with van der Waals surface area (Å²) in [6.07, 6.45) is 23.4. The van der Waals surface area contributed by atoms with E-state index >= 15 is 0 Å². The summed E-state index contributed by atoms with van der Waals surface area (Å²) in [5.41, 5.74) is 0. The summed E-state index contributed by atoms with van der Waals surface area (Å²) < 4.78 is 27.2. The number of aliphatic hydroxyl groups excluding tert-OH is 6. The molecular formula is C41H77NO9S. The number of rotatable bonds is 32. The van der Waals surface area contributed by atoms with Crippen LogP contribution in [0.5, 0.6) is 0 Å². The predicted octanol–water partition coefficient (Wildman–Crippen LogP) is 5.96. The van der Waals surface area contributed by atoms with Crippen LogP contribution in [-0.2, 0) is 20.8 Å². The Morgan fingerprint density at radius 1 is 0.750 bits per heavy atom. The minimum absolute atomic E-state index is 0.274. The van der Waals surface area contributed by atoms with Gasteiger partial charge in [-0.05, 0) is 56.3 Å². The van der Waals surface area contributed by atoms with Crippen molar-refractivity contribution in [3.05, 3.63) is 12.2 Å². The summed E-state index contributed by atoms with van der Waals surface area (Å²) in [6.45, 7) is 1.38. The summed E-state index contributed by atoms with van der Waals surface area (Å²) in [7, 11) is 0. The van der Waals surface area contributed by atoms with Crippen LogP contribution in [0.2, 0.25) is 0 Å². The Labute approximate surface area is 318 Å². The zero-order valence-corrected chi connectivity index (χ0v) is 33.2. The lowest BCUT2D eigenvalue weighted by molar-refractivity contribution is -0.303. The number of nitrogens with one attached hydrogen (secondary N) is 1. The fraction of sp³-hybridized carbons (Fsp3) is 0.951. The fourth-order valence-electron chi connectivity index (χ4n) is 8.39. The van der Waals surface area contributed by atoms with Crippen molar-refractivity contribution in [2.75, 3.05) is 19.0 Å². The first kappa shape index (κ1) is 46.1. The monoisotopic (exact) mass is 760 g/mol. The first-order chi connectivity index (χ1) is 25.2. The van der Waals surface area contributed by atoms with Gasteiger partial charge in [0.15, 0.2) is 6.29 Å². The Balaban J connectivity index is 1.32. The van der Waals surface area contributed by atoms with E-state index in [1.165, 1.54) is 109 Å². The molecule has 3 rings (SSSR count). The van der Waals surface area contributed by atoms with Crippen LogP contribution in [0.3, 0.4) is 0 Å². The molecule has 7 N–H and O–H groups in total. The van der Waals surface area contributed by atoms with Crippen LogP contribution in [0.25, 0.3) is 0 Å². The van der Waals surface area contributed by atoms with Crippen molar-refractivity contribution in [3.63, 3.8) is 0 Å². The molecule has 2 aliphatic carbocycles. The van der Waals surface area contributed by atoms with Crippen molar-refractivity contribution in [1.82, 2.24) is 4.72 Å². The molecule has 2 fully saturated rings. The fourth-order valence-corrected chi connectivity index (χ4v) is 9.52. The normalized spacial score (nSPS) is 29.5. The van der Waals surface area contributed by atoms with Gasteiger partial charge < -0.3 is 44.7 Å². The molecular weight excluding hydrogens is 683 g/mol. The Morgan fingerprint density at radius 3 is 1.88 bits per heavy atom. The third kappa shape index (κ3) is 17.2. The Kier molecular flexibility index (Phi) is 24.2. The number of hydrogen-bond donors (Lipinski definition) is 7. The number of hydrogen-bond acceptors (Lipinski definition) is 10. The van der Waals surface area contributed by atoms with Crippen molar-refractivity contribution >= 4 is 11.4 Å². The molecule has 3 aliphatic rings. The molecule has 306 valence electrons. The van der Waals surface area contributed by atoms with Crippen LogP contribution in [0.4, 0.5) is 0 Å². The number of unbranched alkanes of at least 4 members (excludes halogenated alkanes) is 18. The smallest absolute Gasteiger partial charge is 0.186 e. The van der Waals surface area contributed by atoms with Crippen LogP contribution in [0.1, 0.15) is 161 Å². The molecule has 2 bridgehead atoms. The van der Waals surface area contributed by atoms with Crippen molar-refractivity contribution in [2.24, 2.45) is 17.8 Å². The van der Waals surface area contributed by atoms with Gasteiger partial charge in [0, 0.05) is 11.4 Å². The highest BCUT2D eigenvalue weighted by atomic mass is 32.2. The van der Waals surface area contributed by atoms with Crippen molar-refractivity contribution in [2.45, 2.75) is 210 Å². The summed E-state index contributed by atoms with van der Waals surface area (Å²) in [5, 5.41) is 62.3. The molecule has 1 aliphatic heterocycles. The predicted molar refractivity (Wildman–Crippen MR) is 208 cm³/mol. The van der Waals surface area contributed by atoms with Crippen molar-refractivity contribution in [3.8, 4) is 0 Å². The standard InChI is InChI=1S/C41H77NO9S/c1-2-3-4-5-6-7-8-9-10-14-17-20-23-35(44)37(45)34(30-50-41-40(48)39(47)38(46)36(29-43)51-41)42-52(49)26-21-18-15-12-11-13-16-19-22-32-27-31-24-25-33(32)28-31/h24-25,31-48H,2-23,26-30H2,1H3/t31-,32+,33-,34+,35-,36?,37+,38?,39?,40?,41?,52?/m1/s1. The largest absolute Gasteiger partial charge is 0.598 e. The highest BCUT2D eigenvalue weighted by molar-refractivity contribution is 7.89. The lowest BCUT2D eigenvalue weighted by Gasteiger charge is -2.40. The number of ether oxygens (including phenoxy) is 2. The molecule has 0 amide bonds. The molecule has 0 aromatic heterocycles. The van der Waals surface area contributed by atoms with Gasteiger partial charge in [-0.15, -0.1) is 4.72 Å². The van der Waals surface area contributed by atoms with E-state index in [1.807, 2.05) is 0 Å². The Bertz CT molecular complexity index is 915. The molecule has 0 aromatic rings. The van der Waals surface area contributed by atoms with Crippen LogP contribution in [0.15, 0.2) is 12.2 Å². The molecule has 0 aromatic carbocycles. The van der Waals surface area contributed by atoms with E-state index in [1.54, 1.807) is 0 Å². The minimum Gasteiger partial charge on any atom is -0.598 e. The third-order valence-corrected chi connectivity index (χ3v) is 13.0. The number of aliphatic hydroxyl groups is 6. The van der Waals surface area contributed by atoms with Gasteiger partial charge in [-0.1, -0.05) is 135 Å². The van der Waals surface area contributed by atoms with Gasteiger partial charge in [-0.2, -0.15) is 0 Å². The molecule has 1 heterocycles. The average Bonchev–Trinajstić information content (AvgIpc) is 3.78. The van der Waals surface area contributed by atoms with Crippen molar-refractivity contribution in [1.29, 1.82) is 0 Å². The van der Waals surface area contributed by atoms with E-state index in [4.69, 9.17) is 9.47 Å². The summed E-state index contributed by atoms with van der Waals surface area (Å²) in [4.78, 5) is 0. The van der Waals surface area contributed by atoms with E-state index < -0.39 is 66.9 Å². The maximum absolute atomic E-state index is 13.1. The lowest BCUT2D eigenvalue weighted by Crippen LogP contribution is -2.60. The molecule has 0 radical (unpaired) electrons. The molecule has 6 unspecified atom stereocenters. The second kappa shape index (κ2) is 27.3. The summed E-state index contributed by atoms with van der Waals surface area (Å²) in [6, 6.07) is -0.934. The Morgan fingerprint density at radius 2 is 1.33 bits per heavy atom. The van der Waals surface area contributed by atoms with Gasteiger partial charge in [0.2, 0.25) is 0 Å². The highest BCUT2D eigenvalue weighted by Gasteiger charge is 2.45. The second-order valence-corrected chi connectivity index (χ2v) is 17.5. The summed E-state index contributed by atoms with van der Waals surface area (Å²) in [5.74, 6) is 3.04. The maximum atomic E-state index is 13.1. The lowest BCUT2D eigenvalue weighted by atomic mass is 9.88. The molecule has 1 saturated carbocycles. The first-order valence-electron chi connectivity index (χ1n) is 21.4. The van der Waals surface area contributed by atoms with E-state index in [9.17, 15) is 35.2 Å². The zero-order chi connectivity index (χ0) is 37.6. The second-order valence-electron chi connectivity index (χ2n) is 16.2. The van der Waals surface area contributed by atoms with Crippen LogP contribution in [0, 0.1) is 17.8 Å². The highest BCUT2D eigenvalue weighted by Crippen LogP contribution is 2.45. The molecule has 12 atom stereocenters. The molecule has 11 heteroatoms. The van der Waals surface area contributed by atoms with Gasteiger partial charge in [0.25, 0.3) is 0 Å². The SMILES string of the molecule is CCCCCCCCCCCCCC[C@@H](O)[C@@H](O)[C@H](COC1OC(CO)C(O)C(O)C1O)N[S+]([O-])CCCCCCCCCC[C@H]1C[C@H]2C=C[C@@H]1C2.